The van der Waals surface area contributed by atoms with Crippen molar-refractivity contribution in [2.75, 3.05) is 5.32 Å². The third-order valence-electron chi connectivity index (χ3n) is 4.05. The van der Waals surface area contributed by atoms with E-state index in [1.165, 1.54) is 5.56 Å². The Morgan fingerprint density at radius 3 is 2.46 bits per heavy atom. The first kappa shape index (κ1) is 16.5. The van der Waals surface area contributed by atoms with E-state index < -0.39 is 0 Å². The zero-order valence-electron chi connectivity index (χ0n) is 14.0. The molecule has 0 saturated heterocycles. The number of nitrogens with zero attached hydrogens (tertiary/aromatic N) is 1. The minimum Gasteiger partial charge on any atom is -0.436 e. The summed E-state index contributed by atoms with van der Waals surface area (Å²) in [5, 5.41) is 2.89. The fourth-order valence-corrected chi connectivity index (χ4v) is 2.89. The van der Waals surface area contributed by atoms with Crippen molar-refractivity contribution in [3.63, 3.8) is 0 Å². The molecule has 0 unspecified atom stereocenters. The summed E-state index contributed by atoms with van der Waals surface area (Å²) in [4.78, 5) is 16.9. The van der Waals surface area contributed by atoms with Crippen molar-refractivity contribution in [2.45, 2.75) is 6.92 Å². The van der Waals surface area contributed by atoms with Gasteiger partial charge >= 0.3 is 0 Å². The summed E-state index contributed by atoms with van der Waals surface area (Å²) in [5.74, 6) is 0.399. The molecule has 0 radical (unpaired) electrons. The molecule has 0 aliphatic heterocycles. The van der Waals surface area contributed by atoms with Gasteiger partial charge in [0.2, 0.25) is 5.89 Å². The number of rotatable bonds is 3. The largest absolute Gasteiger partial charge is 0.436 e. The van der Waals surface area contributed by atoms with E-state index in [9.17, 15) is 4.79 Å². The molecule has 0 fully saturated rings. The number of halogens is 1. The van der Waals surface area contributed by atoms with Gasteiger partial charge in [0, 0.05) is 21.3 Å². The third kappa shape index (κ3) is 3.39. The number of nitrogens with one attached hydrogen (secondary N) is 1. The Morgan fingerprint density at radius 2 is 1.73 bits per heavy atom. The second-order valence-electron chi connectivity index (χ2n) is 6.03. The van der Waals surface area contributed by atoms with Gasteiger partial charge < -0.3 is 9.73 Å². The Morgan fingerprint density at radius 1 is 1.00 bits per heavy atom. The minimum atomic E-state index is -0.167. The summed E-state index contributed by atoms with van der Waals surface area (Å²) < 4.78 is 6.75. The molecule has 5 heteroatoms. The SMILES string of the molecule is Cc1ccc(-c2nc3cc(NC(=O)c4ccc(Br)cc4)ccc3o2)cc1. The summed E-state index contributed by atoms with van der Waals surface area (Å²) in [6, 6.07) is 20.7. The van der Waals surface area contributed by atoms with Crippen LogP contribution in [0.25, 0.3) is 22.6 Å². The lowest BCUT2D eigenvalue weighted by Crippen LogP contribution is -2.11. The van der Waals surface area contributed by atoms with E-state index in [2.05, 4.69) is 26.2 Å². The van der Waals surface area contributed by atoms with Crippen molar-refractivity contribution in [1.82, 2.24) is 4.98 Å². The van der Waals surface area contributed by atoms with Gasteiger partial charge in [-0.05, 0) is 61.5 Å². The average Bonchev–Trinajstić information content (AvgIpc) is 3.06. The van der Waals surface area contributed by atoms with Gasteiger partial charge in [0.05, 0.1) is 0 Å². The van der Waals surface area contributed by atoms with Crippen LogP contribution in [0.3, 0.4) is 0 Å². The predicted octanol–water partition coefficient (Wildman–Crippen LogP) is 5.82. The number of hydrogen-bond acceptors (Lipinski definition) is 3. The van der Waals surface area contributed by atoms with Gasteiger partial charge in [0.1, 0.15) is 5.52 Å². The second kappa shape index (κ2) is 6.77. The van der Waals surface area contributed by atoms with E-state index in [1.807, 2.05) is 61.5 Å². The van der Waals surface area contributed by atoms with Crippen molar-refractivity contribution in [2.24, 2.45) is 0 Å². The molecule has 128 valence electrons. The molecule has 0 aliphatic carbocycles. The summed E-state index contributed by atoms with van der Waals surface area (Å²) in [6.45, 7) is 2.04. The first-order valence-electron chi connectivity index (χ1n) is 8.13. The van der Waals surface area contributed by atoms with Crippen LogP contribution in [0.2, 0.25) is 0 Å². The van der Waals surface area contributed by atoms with Crippen molar-refractivity contribution in [1.29, 1.82) is 0 Å². The van der Waals surface area contributed by atoms with E-state index in [4.69, 9.17) is 4.42 Å². The first-order valence-corrected chi connectivity index (χ1v) is 8.92. The van der Waals surface area contributed by atoms with Gasteiger partial charge in [-0.25, -0.2) is 4.98 Å². The van der Waals surface area contributed by atoms with E-state index >= 15 is 0 Å². The first-order chi connectivity index (χ1) is 12.6. The number of carbonyl (C=O) groups is 1. The molecule has 4 rings (SSSR count). The van der Waals surface area contributed by atoms with Crippen LogP contribution in [0.15, 0.2) is 75.6 Å². The Hall–Kier alpha value is -2.92. The summed E-state index contributed by atoms with van der Waals surface area (Å²) in [6.07, 6.45) is 0. The molecule has 0 saturated carbocycles. The molecule has 1 N–H and O–H groups in total. The van der Waals surface area contributed by atoms with E-state index in [0.29, 0.717) is 28.2 Å². The van der Waals surface area contributed by atoms with Gasteiger partial charge in [-0.1, -0.05) is 33.6 Å². The predicted molar refractivity (Wildman–Crippen MR) is 106 cm³/mol. The van der Waals surface area contributed by atoms with Crippen molar-refractivity contribution < 1.29 is 9.21 Å². The fourth-order valence-electron chi connectivity index (χ4n) is 2.63. The number of aryl methyl sites for hydroxylation is 1. The maximum Gasteiger partial charge on any atom is 0.255 e. The Kier molecular flexibility index (Phi) is 4.31. The van der Waals surface area contributed by atoms with Crippen LogP contribution in [0.1, 0.15) is 15.9 Å². The fraction of sp³-hybridized carbons (Fsp3) is 0.0476. The molecule has 0 aliphatic rings. The number of aromatic nitrogens is 1. The lowest BCUT2D eigenvalue weighted by molar-refractivity contribution is 0.102. The number of amides is 1. The molecule has 0 bridgehead atoms. The maximum atomic E-state index is 12.3. The van der Waals surface area contributed by atoms with Crippen LogP contribution in [0, 0.1) is 6.92 Å². The molecule has 1 aromatic heterocycles. The van der Waals surface area contributed by atoms with Crippen LogP contribution < -0.4 is 5.32 Å². The van der Waals surface area contributed by atoms with Crippen molar-refractivity contribution in [3.05, 3.63) is 82.3 Å². The van der Waals surface area contributed by atoms with Gasteiger partial charge in [0.25, 0.3) is 5.91 Å². The molecule has 26 heavy (non-hydrogen) atoms. The summed E-state index contributed by atoms with van der Waals surface area (Å²) in [7, 11) is 0. The minimum absolute atomic E-state index is 0.167. The lowest BCUT2D eigenvalue weighted by atomic mass is 10.1. The van der Waals surface area contributed by atoms with E-state index in [-0.39, 0.29) is 5.91 Å². The van der Waals surface area contributed by atoms with Crippen molar-refractivity contribution >= 4 is 38.6 Å². The van der Waals surface area contributed by atoms with Crippen LogP contribution in [-0.2, 0) is 0 Å². The average molecular weight is 407 g/mol. The van der Waals surface area contributed by atoms with Crippen molar-refractivity contribution in [3.8, 4) is 11.5 Å². The summed E-state index contributed by atoms with van der Waals surface area (Å²) >= 11 is 3.36. The van der Waals surface area contributed by atoms with E-state index in [0.717, 1.165) is 10.0 Å². The molecular weight excluding hydrogens is 392 g/mol. The van der Waals surface area contributed by atoms with Crippen LogP contribution >= 0.6 is 15.9 Å². The molecule has 3 aromatic carbocycles. The van der Waals surface area contributed by atoms with Crippen LogP contribution in [-0.4, -0.2) is 10.9 Å². The maximum absolute atomic E-state index is 12.3. The second-order valence-corrected chi connectivity index (χ2v) is 6.94. The Balaban J connectivity index is 1.60. The number of anilines is 1. The number of hydrogen-bond donors (Lipinski definition) is 1. The number of benzene rings is 3. The Labute approximate surface area is 159 Å². The molecule has 0 spiro atoms. The molecule has 4 aromatic rings. The molecule has 4 nitrogen and oxygen atoms in total. The smallest absolute Gasteiger partial charge is 0.255 e. The zero-order chi connectivity index (χ0) is 18.1. The van der Waals surface area contributed by atoms with E-state index in [1.54, 1.807) is 12.1 Å². The molecule has 1 amide bonds. The van der Waals surface area contributed by atoms with Crippen LogP contribution in [0.5, 0.6) is 0 Å². The van der Waals surface area contributed by atoms with Gasteiger partial charge in [0.15, 0.2) is 5.58 Å². The highest BCUT2D eigenvalue weighted by Crippen LogP contribution is 2.26. The Bertz CT molecular complexity index is 1080. The third-order valence-corrected chi connectivity index (χ3v) is 4.58. The molecular formula is C21H15BrN2O2. The van der Waals surface area contributed by atoms with Gasteiger partial charge in [-0.15, -0.1) is 0 Å². The highest BCUT2D eigenvalue weighted by atomic mass is 79.9. The van der Waals surface area contributed by atoms with Gasteiger partial charge in [-0.3, -0.25) is 4.79 Å². The number of oxazole rings is 1. The summed E-state index contributed by atoms with van der Waals surface area (Å²) in [5.41, 5.74) is 4.76. The number of carbonyl (C=O) groups excluding carboxylic acids is 1. The zero-order valence-corrected chi connectivity index (χ0v) is 15.6. The number of fused-ring (bicyclic) bond motifs is 1. The van der Waals surface area contributed by atoms with Gasteiger partial charge in [-0.2, -0.15) is 0 Å². The topological polar surface area (TPSA) is 55.1 Å². The quantitative estimate of drug-likeness (QED) is 0.466. The highest BCUT2D eigenvalue weighted by Gasteiger charge is 2.11. The highest BCUT2D eigenvalue weighted by molar-refractivity contribution is 9.10. The normalized spacial score (nSPS) is 10.8. The molecule has 1 heterocycles. The standard InChI is InChI=1S/C21H15BrN2O2/c1-13-2-4-15(5-3-13)21-24-18-12-17(10-11-19(18)26-21)23-20(25)14-6-8-16(22)9-7-14/h2-12H,1H3,(H,23,25). The monoisotopic (exact) mass is 406 g/mol. The lowest BCUT2D eigenvalue weighted by Gasteiger charge is -2.05. The van der Waals surface area contributed by atoms with Crippen LogP contribution in [0.4, 0.5) is 5.69 Å². The molecule has 0 atom stereocenters.